The standard InChI is InChI=1S/C21H14F5N5O2/c1-20(22,23)12-5-6-17(14(8-12)21(24,25)26)31-11-13(10-28-31)29-19(32)16-9-18(33-30-16)15-4-2-3-7-27-15/h2-11H,1H3,(H,29,32). The summed E-state index contributed by atoms with van der Waals surface area (Å²) in [5.41, 5.74) is -2.13. The van der Waals surface area contributed by atoms with Crippen molar-refractivity contribution in [2.24, 2.45) is 0 Å². The Bertz CT molecular complexity index is 1290. The van der Waals surface area contributed by atoms with Crippen LogP contribution in [0.5, 0.6) is 0 Å². The number of rotatable bonds is 5. The van der Waals surface area contributed by atoms with Gasteiger partial charge in [0.05, 0.1) is 29.3 Å². The summed E-state index contributed by atoms with van der Waals surface area (Å²) >= 11 is 0. The number of hydrogen-bond acceptors (Lipinski definition) is 5. The van der Waals surface area contributed by atoms with E-state index in [0.717, 1.165) is 29.2 Å². The van der Waals surface area contributed by atoms with Crippen LogP contribution in [0.2, 0.25) is 0 Å². The second kappa shape index (κ2) is 8.11. The van der Waals surface area contributed by atoms with Crippen LogP contribution >= 0.6 is 0 Å². The van der Waals surface area contributed by atoms with Gasteiger partial charge in [-0.05, 0) is 24.3 Å². The van der Waals surface area contributed by atoms with Gasteiger partial charge in [-0.2, -0.15) is 18.3 Å². The maximum Gasteiger partial charge on any atom is 0.418 e. The van der Waals surface area contributed by atoms with Crippen molar-refractivity contribution in [2.45, 2.75) is 19.0 Å². The van der Waals surface area contributed by atoms with Crippen LogP contribution < -0.4 is 5.32 Å². The zero-order valence-corrected chi connectivity index (χ0v) is 16.8. The third kappa shape index (κ3) is 4.73. The van der Waals surface area contributed by atoms with Crippen molar-refractivity contribution in [1.29, 1.82) is 0 Å². The maximum atomic E-state index is 13.5. The predicted molar refractivity (Wildman–Crippen MR) is 106 cm³/mol. The van der Waals surface area contributed by atoms with E-state index in [0.29, 0.717) is 18.7 Å². The molecule has 0 fully saturated rings. The minimum absolute atomic E-state index is 0.0559. The highest BCUT2D eigenvalue weighted by Crippen LogP contribution is 2.38. The van der Waals surface area contributed by atoms with Crippen LogP contribution in [0.1, 0.15) is 28.5 Å². The number of benzene rings is 1. The van der Waals surface area contributed by atoms with E-state index in [2.05, 4.69) is 20.6 Å². The molecule has 0 radical (unpaired) electrons. The summed E-state index contributed by atoms with van der Waals surface area (Å²) in [6.45, 7) is 0.507. The van der Waals surface area contributed by atoms with Gasteiger partial charge >= 0.3 is 6.18 Å². The lowest BCUT2D eigenvalue weighted by Gasteiger charge is -2.17. The number of aromatic nitrogens is 4. The van der Waals surface area contributed by atoms with E-state index in [4.69, 9.17) is 4.52 Å². The van der Waals surface area contributed by atoms with Crippen molar-refractivity contribution in [3.63, 3.8) is 0 Å². The number of pyridine rings is 1. The van der Waals surface area contributed by atoms with E-state index in [-0.39, 0.29) is 17.1 Å². The highest BCUT2D eigenvalue weighted by molar-refractivity contribution is 6.03. The fourth-order valence-electron chi connectivity index (χ4n) is 2.96. The average molecular weight is 463 g/mol. The Morgan fingerprint density at radius 2 is 1.88 bits per heavy atom. The molecular weight excluding hydrogens is 449 g/mol. The van der Waals surface area contributed by atoms with Crippen molar-refractivity contribution >= 4 is 11.6 Å². The van der Waals surface area contributed by atoms with Crippen molar-refractivity contribution in [3.8, 4) is 17.1 Å². The largest absolute Gasteiger partial charge is 0.418 e. The molecule has 0 aliphatic heterocycles. The minimum Gasteiger partial charge on any atom is -0.354 e. The zero-order valence-electron chi connectivity index (χ0n) is 16.8. The van der Waals surface area contributed by atoms with E-state index in [1.165, 1.54) is 12.3 Å². The SMILES string of the molecule is CC(F)(F)c1ccc(-n2cc(NC(=O)c3cc(-c4ccccn4)on3)cn2)c(C(F)(F)F)c1. The fourth-order valence-corrected chi connectivity index (χ4v) is 2.96. The van der Waals surface area contributed by atoms with Crippen LogP contribution in [0.15, 0.2) is 65.6 Å². The second-order valence-electron chi connectivity index (χ2n) is 7.04. The molecule has 4 rings (SSSR count). The molecule has 0 saturated carbocycles. The van der Waals surface area contributed by atoms with E-state index in [1.54, 1.807) is 18.2 Å². The van der Waals surface area contributed by atoms with Gasteiger partial charge in [-0.3, -0.25) is 9.78 Å². The Morgan fingerprint density at radius 1 is 1.09 bits per heavy atom. The van der Waals surface area contributed by atoms with Gasteiger partial charge in [0.15, 0.2) is 11.5 Å². The summed E-state index contributed by atoms with van der Waals surface area (Å²) in [5.74, 6) is -3.90. The Hall–Kier alpha value is -4.09. The molecule has 3 heterocycles. The second-order valence-corrected chi connectivity index (χ2v) is 7.04. The zero-order chi connectivity index (χ0) is 23.8. The molecule has 1 aromatic carbocycles. The van der Waals surface area contributed by atoms with E-state index in [9.17, 15) is 26.7 Å². The molecular formula is C21H14F5N5O2. The number of halogens is 5. The van der Waals surface area contributed by atoms with Crippen LogP contribution in [-0.2, 0) is 12.1 Å². The number of carbonyl (C=O) groups excluding carboxylic acids is 1. The number of alkyl halides is 5. The highest BCUT2D eigenvalue weighted by Gasteiger charge is 2.37. The van der Waals surface area contributed by atoms with Gasteiger partial charge in [-0.25, -0.2) is 13.5 Å². The van der Waals surface area contributed by atoms with Crippen LogP contribution in [0, 0.1) is 0 Å². The summed E-state index contributed by atoms with van der Waals surface area (Å²) in [6.07, 6.45) is -1.14. The lowest BCUT2D eigenvalue weighted by atomic mass is 10.0. The smallest absolute Gasteiger partial charge is 0.354 e. The van der Waals surface area contributed by atoms with Crippen LogP contribution in [0.25, 0.3) is 17.1 Å². The van der Waals surface area contributed by atoms with Crippen LogP contribution in [-0.4, -0.2) is 25.8 Å². The summed E-state index contributed by atoms with van der Waals surface area (Å²) in [6, 6.07) is 8.60. The van der Waals surface area contributed by atoms with Crippen molar-refractivity contribution < 1.29 is 31.3 Å². The lowest BCUT2D eigenvalue weighted by Crippen LogP contribution is -2.15. The molecule has 170 valence electrons. The van der Waals surface area contributed by atoms with Gasteiger partial charge in [0.1, 0.15) is 5.69 Å². The van der Waals surface area contributed by atoms with E-state index < -0.39 is 34.8 Å². The molecule has 0 aliphatic carbocycles. The molecule has 0 atom stereocenters. The summed E-state index contributed by atoms with van der Waals surface area (Å²) in [7, 11) is 0. The first-order valence-electron chi connectivity index (χ1n) is 9.36. The monoisotopic (exact) mass is 463 g/mol. The molecule has 0 spiro atoms. The lowest BCUT2D eigenvalue weighted by molar-refractivity contribution is -0.137. The quantitative estimate of drug-likeness (QED) is 0.406. The Morgan fingerprint density at radius 3 is 2.55 bits per heavy atom. The topological polar surface area (TPSA) is 85.8 Å². The molecule has 4 aromatic rings. The number of amides is 1. The number of nitrogens with zero attached hydrogens (tertiary/aromatic N) is 4. The molecule has 33 heavy (non-hydrogen) atoms. The average Bonchev–Trinajstić information content (AvgIpc) is 3.43. The van der Waals surface area contributed by atoms with Gasteiger partial charge < -0.3 is 9.84 Å². The van der Waals surface area contributed by atoms with Gasteiger partial charge in [0.2, 0.25) is 0 Å². The van der Waals surface area contributed by atoms with Crippen LogP contribution in [0.4, 0.5) is 27.6 Å². The Kier molecular flexibility index (Phi) is 5.44. The first-order chi connectivity index (χ1) is 15.5. The van der Waals surface area contributed by atoms with Gasteiger partial charge in [0, 0.05) is 24.8 Å². The molecule has 0 unspecified atom stereocenters. The normalized spacial score (nSPS) is 12.1. The molecule has 0 aliphatic rings. The first-order valence-corrected chi connectivity index (χ1v) is 9.36. The predicted octanol–water partition coefficient (Wildman–Crippen LogP) is 5.31. The Labute approximate surface area is 182 Å². The van der Waals surface area contributed by atoms with E-state index >= 15 is 0 Å². The molecule has 1 amide bonds. The molecule has 3 aromatic heterocycles. The molecule has 0 saturated heterocycles. The van der Waals surface area contributed by atoms with Crippen molar-refractivity contribution in [1.82, 2.24) is 19.9 Å². The summed E-state index contributed by atoms with van der Waals surface area (Å²) < 4.78 is 73.5. The molecule has 0 bridgehead atoms. The molecule has 1 N–H and O–H groups in total. The van der Waals surface area contributed by atoms with Gasteiger partial charge in [-0.15, -0.1) is 0 Å². The third-order valence-corrected chi connectivity index (χ3v) is 4.56. The maximum absolute atomic E-state index is 13.5. The fraction of sp³-hybridized carbons (Fsp3) is 0.143. The number of nitrogens with one attached hydrogen (secondary N) is 1. The first kappa shape index (κ1) is 22.1. The summed E-state index contributed by atoms with van der Waals surface area (Å²) in [4.78, 5) is 16.5. The van der Waals surface area contributed by atoms with Crippen molar-refractivity contribution in [2.75, 3.05) is 5.32 Å². The van der Waals surface area contributed by atoms with Gasteiger partial charge in [0.25, 0.3) is 11.8 Å². The highest BCUT2D eigenvalue weighted by atomic mass is 19.4. The van der Waals surface area contributed by atoms with Crippen LogP contribution in [0.3, 0.4) is 0 Å². The van der Waals surface area contributed by atoms with E-state index in [1.807, 2.05) is 0 Å². The summed E-state index contributed by atoms with van der Waals surface area (Å²) in [5, 5.41) is 9.91. The Balaban J connectivity index is 1.57. The third-order valence-electron chi connectivity index (χ3n) is 4.56. The van der Waals surface area contributed by atoms with Gasteiger partial charge in [-0.1, -0.05) is 17.3 Å². The number of carbonyl (C=O) groups is 1. The molecule has 12 heteroatoms. The minimum atomic E-state index is -4.91. The van der Waals surface area contributed by atoms with Crippen molar-refractivity contribution in [3.05, 3.63) is 77.9 Å². The molecule has 7 nitrogen and oxygen atoms in total. The number of anilines is 1. The number of hydrogen-bond donors (Lipinski definition) is 1.